The first kappa shape index (κ1) is 21.7. The smallest absolute Gasteiger partial charge is 0.255 e. The van der Waals surface area contributed by atoms with Gasteiger partial charge in [-0.25, -0.2) is 0 Å². The van der Waals surface area contributed by atoms with Gasteiger partial charge in [0.05, 0.1) is 17.8 Å². The number of amides is 1. The molecule has 3 aromatic rings. The van der Waals surface area contributed by atoms with Crippen LogP contribution < -0.4 is 14.8 Å². The van der Waals surface area contributed by atoms with Crippen LogP contribution in [-0.4, -0.2) is 13.0 Å². The Labute approximate surface area is 182 Å². The predicted molar refractivity (Wildman–Crippen MR) is 122 cm³/mol. The number of carbonyl (C=O) groups is 1. The molecule has 0 saturated carbocycles. The Bertz CT molecular complexity index is 1040. The van der Waals surface area contributed by atoms with Crippen LogP contribution >= 0.6 is 11.6 Å². The van der Waals surface area contributed by atoms with Gasteiger partial charge in [-0.15, -0.1) is 0 Å². The second-order valence-electron chi connectivity index (χ2n) is 8.00. The Kier molecular flexibility index (Phi) is 6.68. The minimum atomic E-state index is -0.248. The largest absolute Gasteiger partial charge is 0.496 e. The van der Waals surface area contributed by atoms with Crippen molar-refractivity contribution < 1.29 is 14.3 Å². The van der Waals surface area contributed by atoms with E-state index in [9.17, 15) is 4.79 Å². The number of hydrogen-bond donors (Lipinski definition) is 1. The van der Waals surface area contributed by atoms with Crippen molar-refractivity contribution in [3.63, 3.8) is 0 Å². The van der Waals surface area contributed by atoms with E-state index in [0.29, 0.717) is 22.0 Å². The molecule has 3 rings (SSSR count). The van der Waals surface area contributed by atoms with E-state index >= 15 is 0 Å². The molecule has 0 aliphatic heterocycles. The summed E-state index contributed by atoms with van der Waals surface area (Å²) in [5, 5.41) is 3.33. The molecule has 5 heteroatoms. The van der Waals surface area contributed by atoms with Crippen LogP contribution in [0.5, 0.6) is 11.5 Å². The lowest BCUT2D eigenvalue weighted by Gasteiger charge is -2.23. The van der Waals surface area contributed by atoms with Crippen LogP contribution in [0.25, 0.3) is 0 Å². The molecule has 0 unspecified atom stereocenters. The molecule has 0 spiro atoms. The summed E-state index contributed by atoms with van der Waals surface area (Å²) in [5.41, 5.74) is 2.93. The summed E-state index contributed by atoms with van der Waals surface area (Å²) >= 11 is 6.15. The fourth-order valence-electron chi connectivity index (χ4n) is 3.16. The van der Waals surface area contributed by atoms with E-state index in [-0.39, 0.29) is 17.9 Å². The maximum absolute atomic E-state index is 12.7. The number of para-hydroxylation sites is 2. The molecule has 3 aromatic carbocycles. The van der Waals surface area contributed by atoms with Gasteiger partial charge in [0, 0.05) is 11.1 Å². The standard InChI is InChI=1S/C25H26ClNO3/c1-25(2,3)19-9-5-8-12-23(19)30-16-18-15-17(13-14-22(18)29-4)24(28)27-21-11-7-6-10-20(21)26/h5-15H,16H2,1-4H3,(H,27,28). The highest BCUT2D eigenvalue weighted by atomic mass is 35.5. The SMILES string of the molecule is COc1ccc(C(=O)Nc2ccccc2Cl)cc1COc1ccccc1C(C)(C)C. The Morgan fingerprint density at radius 2 is 1.67 bits per heavy atom. The monoisotopic (exact) mass is 423 g/mol. The molecule has 156 valence electrons. The van der Waals surface area contributed by atoms with Gasteiger partial charge in [0.15, 0.2) is 0 Å². The van der Waals surface area contributed by atoms with Crippen molar-refractivity contribution in [3.8, 4) is 11.5 Å². The van der Waals surface area contributed by atoms with E-state index in [1.54, 1.807) is 37.4 Å². The number of carbonyl (C=O) groups excluding carboxylic acids is 1. The second-order valence-corrected chi connectivity index (χ2v) is 8.40. The molecular formula is C25H26ClNO3. The Balaban J connectivity index is 1.82. The fraction of sp³-hybridized carbons (Fsp3) is 0.240. The molecule has 0 heterocycles. The number of methoxy groups -OCH3 is 1. The third-order valence-electron chi connectivity index (χ3n) is 4.74. The van der Waals surface area contributed by atoms with E-state index in [0.717, 1.165) is 16.9 Å². The molecule has 0 saturated heterocycles. The van der Waals surface area contributed by atoms with Gasteiger partial charge < -0.3 is 14.8 Å². The molecule has 0 aliphatic carbocycles. The van der Waals surface area contributed by atoms with Crippen molar-refractivity contribution in [1.82, 2.24) is 0 Å². The van der Waals surface area contributed by atoms with Gasteiger partial charge in [0.25, 0.3) is 5.91 Å². The fourth-order valence-corrected chi connectivity index (χ4v) is 3.34. The van der Waals surface area contributed by atoms with Crippen LogP contribution in [-0.2, 0) is 12.0 Å². The topological polar surface area (TPSA) is 47.6 Å². The van der Waals surface area contributed by atoms with Gasteiger partial charge in [-0.05, 0) is 47.4 Å². The van der Waals surface area contributed by atoms with Crippen molar-refractivity contribution >= 4 is 23.2 Å². The molecule has 0 bridgehead atoms. The first-order chi connectivity index (χ1) is 14.3. The number of halogens is 1. The lowest BCUT2D eigenvalue weighted by molar-refractivity contribution is 0.102. The number of benzene rings is 3. The van der Waals surface area contributed by atoms with E-state index in [1.165, 1.54) is 0 Å². The van der Waals surface area contributed by atoms with Crippen molar-refractivity contribution in [2.75, 3.05) is 12.4 Å². The van der Waals surface area contributed by atoms with Gasteiger partial charge in [0.1, 0.15) is 18.1 Å². The number of anilines is 1. The molecule has 4 nitrogen and oxygen atoms in total. The average molecular weight is 424 g/mol. The normalized spacial score (nSPS) is 11.1. The minimum Gasteiger partial charge on any atom is -0.496 e. The molecular weight excluding hydrogens is 398 g/mol. The molecule has 30 heavy (non-hydrogen) atoms. The highest BCUT2D eigenvalue weighted by Gasteiger charge is 2.19. The van der Waals surface area contributed by atoms with E-state index in [4.69, 9.17) is 21.1 Å². The maximum Gasteiger partial charge on any atom is 0.255 e. The summed E-state index contributed by atoms with van der Waals surface area (Å²) < 4.78 is 11.6. The molecule has 0 aliphatic rings. The van der Waals surface area contributed by atoms with E-state index in [2.05, 4.69) is 32.2 Å². The van der Waals surface area contributed by atoms with Crippen molar-refractivity contribution in [1.29, 1.82) is 0 Å². The maximum atomic E-state index is 12.7. The van der Waals surface area contributed by atoms with Crippen molar-refractivity contribution in [2.45, 2.75) is 32.8 Å². The third kappa shape index (κ3) is 5.14. The van der Waals surface area contributed by atoms with E-state index < -0.39 is 0 Å². The van der Waals surface area contributed by atoms with Crippen molar-refractivity contribution in [3.05, 3.63) is 88.4 Å². The molecule has 0 aromatic heterocycles. The van der Waals surface area contributed by atoms with Crippen LogP contribution in [0, 0.1) is 0 Å². The first-order valence-electron chi connectivity index (χ1n) is 9.74. The van der Waals surface area contributed by atoms with Crippen LogP contribution in [0.1, 0.15) is 42.3 Å². The molecule has 0 radical (unpaired) electrons. The first-order valence-corrected chi connectivity index (χ1v) is 10.1. The van der Waals surface area contributed by atoms with Gasteiger partial charge in [-0.1, -0.05) is 62.7 Å². The third-order valence-corrected chi connectivity index (χ3v) is 5.07. The summed E-state index contributed by atoms with van der Waals surface area (Å²) in [6, 6.07) is 20.4. The van der Waals surface area contributed by atoms with Crippen LogP contribution in [0.2, 0.25) is 5.02 Å². The number of ether oxygens (including phenoxy) is 2. The summed E-state index contributed by atoms with van der Waals surface area (Å²) in [6.45, 7) is 6.73. The number of nitrogens with one attached hydrogen (secondary N) is 1. The van der Waals surface area contributed by atoms with Crippen molar-refractivity contribution in [2.24, 2.45) is 0 Å². The predicted octanol–water partition coefficient (Wildman–Crippen LogP) is 6.48. The summed E-state index contributed by atoms with van der Waals surface area (Å²) in [4.78, 5) is 12.7. The molecule has 1 N–H and O–H groups in total. The highest BCUT2D eigenvalue weighted by Crippen LogP contribution is 2.32. The lowest BCUT2D eigenvalue weighted by atomic mass is 9.86. The lowest BCUT2D eigenvalue weighted by Crippen LogP contribution is -2.14. The highest BCUT2D eigenvalue weighted by molar-refractivity contribution is 6.33. The number of rotatable bonds is 6. The van der Waals surface area contributed by atoms with Crippen LogP contribution in [0.4, 0.5) is 5.69 Å². The van der Waals surface area contributed by atoms with Gasteiger partial charge in [0.2, 0.25) is 0 Å². The van der Waals surface area contributed by atoms with Gasteiger partial charge in [-0.3, -0.25) is 4.79 Å². The zero-order valence-electron chi connectivity index (χ0n) is 17.7. The summed E-state index contributed by atoms with van der Waals surface area (Å²) in [5.74, 6) is 1.23. The molecule has 0 atom stereocenters. The zero-order chi connectivity index (χ0) is 21.7. The summed E-state index contributed by atoms with van der Waals surface area (Å²) in [7, 11) is 1.60. The Morgan fingerprint density at radius 1 is 0.967 bits per heavy atom. The average Bonchev–Trinajstić information content (AvgIpc) is 2.73. The van der Waals surface area contributed by atoms with Crippen LogP contribution in [0.15, 0.2) is 66.7 Å². The van der Waals surface area contributed by atoms with Crippen LogP contribution in [0.3, 0.4) is 0 Å². The Morgan fingerprint density at radius 3 is 2.37 bits per heavy atom. The van der Waals surface area contributed by atoms with E-state index in [1.807, 2.05) is 30.3 Å². The second kappa shape index (κ2) is 9.23. The quantitative estimate of drug-likeness (QED) is 0.493. The molecule has 1 amide bonds. The minimum absolute atomic E-state index is 0.0443. The summed E-state index contributed by atoms with van der Waals surface area (Å²) in [6.07, 6.45) is 0. The zero-order valence-corrected chi connectivity index (χ0v) is 18.4. The Hall–Kier alpha value is -2.98. The van der Waals surface area contributed by atoms with Gasteiger partial charge in [-0.2, -0.15) is 0 Å². The van der Waals surface area contributed by atoms with Gasteiger partial charge >= 0.3 is 0 Å². The number of hydrogen-bond acceptors (Lipinski definition) is 3. The molecule has 0 fully saturated rings.